The van der Waals surface area contributed by atoms with Crippen molar-refractivity contribution >= 4 is 23.5 Å². The van der Waals surface area contributed by atoms with Crippen molar-refractivity contribution in [2.75, 3.05) is 0 Å². The van der Waals surface area contributed by atoms with Crippen molar-refractivity contribution in [3.8, 4) is 11.4 Å². The van der Waals surface area contributed by atoms with Gasteiger partial charge in [-0.1, -0.05) is 28.9 Å². The van der Waals surface area contributed by atoms with E-state index in [0.717, 1.165) is 5.56 Å². The van der Waals surface area contributed by atoms with Crippen molar-refractivity contribution < 1.29 is 17.7 Å². The molecule has 0 atom stereocenters. The van der Waals surface area contributed by atoms with E-state index in [4.69, 9.17) is 17.4 Å². The quantitative estimate of drug-likeness (QED) is 0.393. The van der Waals surface area contributed by atoms with Crippen LogP contribution in [0, 0.1) is 0 Å². The topological polar surface area (TPSA) is 103 Å². The summed E-state index contributed by atoms with van der Waals surface area (Å²) in [6.45, 7) is 0.215. The Morgan fingerprint density at radius 3 is 2.50 bits per heavy atom. The highest BCUT2D eigenvalue weighted by molar-refractivity contribution is 6.38. The Kier molecular flexibility index (Phi) is 5.69. The number of alkyl halides is 3. The van der Waals surface area contributed by atoms with Gasteiger partial charge in [-0.25, -0.2) is 0 Å². The highest BCUT2D eigenvalue weighted by atomic mass is 35.5. The second-order valence-corrected chi connectivity index (χ2v) is 5.89. The van der Waals surface area contributed by atoms with Crippen molar-refractivity contribution in [2.45, 2.75) is 12.7 Å². The normalized spacial score (nSPS) is 12.6. The molecule has 28 heavy (non-hydrogen) atoms. The van der Waals surface area contributed by atoms with Gasteiger partial charge in [-0.05, 0) is 24.3 Å². The number of rotatable bonds is 5. The molecule has 0 radical (unpaired) electrons. The van der Waals surface area contributed by atoms with E-state index in [-0.39, 0.29) is 17.9 Å². The van der Waals surface area contributed by atoms with Gasteiger partial charge in [0.2, 0.25) is 5.82 Å². The lowest BCUT2D eigenvalue weighted by Crippen LogP contribution is -2.06. The van der Waals surface area contributed by atoms with E-state index < -0.39 is 12.1 Å². The molecule has 2 N–H and O–H groups in total. The maximum absolute atomic E-state index is 12.5. The monoisotopic (exact) mass is 408 g/mol. The molecular weight excluding hydrogens is 397 g/mol. The zero-order valence-electron chi connectivity index (χ0n) is 14.1. The van der Waals surface area contributed by atoms with Crippen LogP contribution in [0.4, 0.5) is 13.2 Å². The molecule has 0 saturated heterocycles. The molecule has 3 aromatic rings. The fourth-order valence-corrected chi connectivity index (χ4v) is 2.26. The van der Waals surface area contributed by atoms with Crippen LogP contribution in [-0.4, -0.2) is 27.1 Å². The molecular formula is C17H12ClF3N6O. The largest absolute Gasteiger partial charge is 0.471 e. The van der Waals surface area contributed by atoms with Gasteiger partial charge in [0.25, 0.3) is 0 Å². The van der Waals surface area contributed by atoms with Gasteiger partial charge < -0.3 is 10.4 Å². The van der Waals surface area contributed by atoms with Crippen molar-refractivity contribution in [3.63, 3.8) is 0 Å². The molecule has 2 aromatic heterocycles. The zero-order chi connectivity index (χ0) is 20.1. The smallest absolute Gasteiger partial charge is 0.329 e. The Morgan fingerprint density at radius 1 is 1.18 bits per heavy atom. The average Bonchev–Trinajstić information content (AvgIpc) is 3.17. The number of nitrogens with zero attached hydrogens (tertiary/aromatic N) is 5. The molecule has 11 heteroatoms. The van der Waals surface area contributed by atoms with Gasteiger partial charge in [0.05, 0.1) is 12.2 Å². The Bertz CT molecular complexity index is 997. The molecule has 0 aliphatic rings. The summed E-state index contributed by atoms with van der Waals surface area (Å²) in [5.41, 5.74) is 2.07. The lowest BCUT2D eigenvalue weighted by molar-refractivity contribution is -0.159. The highest BCUT2D eigenvalue weighted by Crippen LogP contribution is 2.29. The standard InChI is InChI=1S/C17H12ClF3N6O/c18-12-4-1-10(2-5-12)14(26-22)9-23-8-13-6-3-11(7-24-13)15-25-16(28-27-15)17(19,20)21/h1-7,9H,8,22H2. The Morgan fingerprint density at radius 2 is 1.93 bits per heavy atom. The van der Waals surface area contributed by atoms with Crippen LogP contribution < -0.4 is 5.84 Å². The van der Waals surface area contributed by atoms with E-state index >= 15 is 0 Å². The fraction of sp³-hybridized carbons (Fsp3) is 0.118. The summed E-state index contributed by atoms with van der Waals surface area (Å²) >= 11 is 5.84. The second kappa shape index (κ2) is 8.17. The van der Waals surface area contributed by atoms with E-state index in [2.05, 4.69) is 29.7 Å². The first kappa shape index (κ1) is 19.5. The molecule has 7 nitrogen and oxygen atoms in total. The molecule has 0 amide bonds. The molecule has 1 aromatic carbocycles. The van der Waals surface area contributed by atoms with E-state index in [1.165, 1.54) is 18.5 Å². The van der Waals surface area contributed by atoms with E-state index in [9.17, 15) is 13.2 Å². The van der Waals surface area contributed by atoms with Gasteiger partial charge in [0.15, 0.2) is 0 Å². The molecule has 0 spiro atoms. The third-order valence-electron chi connectivity index (χ3n) is 3.50. The molecule has 0 saturated carbocycles. The highest BCUT2D eigenvalue weighted by Gasteiger charge is 2.38. The van der Waals surface area contributed by atoms with Crippen LogP contribution in [0.3, 0.4) is 0 Å². The number of aromatic nitrogens is 3. The maximum atomic E-state index is 12.5. The van der Waals surface area contributed by atoms with Gasteiger partial charge in [-0.15, -0.1) is 0 Å². The lowest BCUT2D eigenvalue weighted by Gasteiger charge is -2.01. The molecule has 0 bridgehead atoms. The predicted octanol–water partition coefficient (Wildman–Crippen LogP) is 3.74. The van der Waals surface area contributed by atoms with Crippen molar-refractivity contribution in [3.05, 3.63) is 64.8 Å². The number of nitrogens with two attached hydrogens (primary N) is 1. The molecule has 144 valence electrons. The summed E-state index contributed by atoms with van der Waals surface area (Å²) in [6, 6.07) is 10.1. The summed E-state index contributed by atoms with van der Waals surface area (Å²) in [5, 5.41) is 7.57. The van der Waals surface area contributed by atoms with E-state index in [1.54, 1.807) is 30.3 Å². The molecule has 0 aliphatic heterocycles. The van der Waals surface area contributed by atoms with Gasteiger partial charge in [-0.3, -0.25) is 9.98 Å². The lowest BCUT2D eigenvalue weighted by atomic mass is 10.1. The second-order valence-electron chi connectivity index (χ2n) is 5.45. The number of pyridine rings is 1. The number of aliphatic imine (C=N–C) groups is 1. The number of hydrazone groups is 1. The molecule has 0 fully saturated rings. The van der Waals surface area contributed by atoms with Gasteiger partial charge in [0.1, 0.15) is 5.71 Å². The van der Waals surface area contributed by atoms with Gasteiger partial charge in [-0.2, -0.15) is 23.3 Å². The SMILES string of the molecule is NN=C(C=NCc1ccc(-c2noc(C(F)(F)F)n2)cn1)c1ccc(Cl)cc1. The van der Waals surface area contributed by atoms with Crippen molar-refractivity contribution in [2.24, 2.45) is 15.9 Å². The van der Waals surface area contributed by atoms with Gasteiger partial charge in [0, 0.05) is 28.6 Å². The first-order valence-corrected chi connectivity index (χ1v) is 8.14. The number of benzene rings is 1. The summed E-state index contributed by atoms with van der Waals surface area (Å²) in [4.78, 5) is 11.7. The molecule has 3 rings (SSSR count). The summed E-state index contributed by atoms with van der Waals surface area (Å²) < 4.78 is 41.7. The Hall–Kier alpha value is -3.27. The minimum absolute atomic E-state index is 0.199. The van der Waals surface area contributed by atoms with Crippen LogP contribution >= 0.6 is 11.6 Å². The molecule has 0 aliphatic carbocycles. The van der Waals surface area contributed by atoms with Crippen LogP contribution in [0.5, 0.6) is 0 Å². The minimum atomic E-state index is -4.69. The third kappa shape index (κ3) is 4.71. The Balaban J connectivity index is 1.66. The third-order valence-corrected chi connectivity index (χ3v) is 3.75. The molecule has 0 unspecified atom stereocenters. The predicted molar refractivity (Wildman–Crippen MR) is 96.9 cm³/mol. The van der Waals surface area contributed by atoms with Crippen molar-refractivity contribution in [1.82, 2.24) is 15.1 Å². The van der Waals surface area contributed by atoms with Crippen LogP contribution in [-0.2, 0) is 12.7 Å². The Labute approximate surface area is 161 Å². The number of hydrogen-bond donors (Lipinski definition) is 1. The summed E-state index contributed by atoms with van der Waals surface area (Å²) in [7, 11) is 0. The number of halogens is 4. The summed E-state index contributed by atoms with van der Waals surface area (Å²) in [5.74, 6) is 3.78. The average molecular weight is 409 g/mol. The zero-order valence-corrected chi connectivity index (χ0v) is 14.8. The van der Waals surface area contributed by atoms with Crippen LogP contribution in [0.15, 0.2) is 57.2 Å². The minimum Gasteiger partial charge on any atom is -0.329 e. The van der Waals surface area contributed by atoms with Crippen LogP contribution in [0.1, 0.15) is 17.1 Å². The van der Waals surface area contributed by atoms with E-state index in [0.29, 0.717) is 16.4 Å². The maximum Gasteiger partial charge on any atom is 0.471 e. The van der Waals surface area contributed by atoms with E-state index in [1.807, 2.05) is 0 Å². The van der Waals surface area contributed by atoms with Crippen LogP contribution in [0.2, 0.25) is 5.02 Å². The van der Waals surface area contributed by atoms with Crippen molar-refractivity contribution in [1.29, 1.82) is 0 Å². The first-order valence-electron chi connectivity index (χ1n) is 7.76. The molecule has 2 heterocycles. The first-order chi connectivity index (χ1) is 13.4. The van der Waals surface area contributed by atoms with Gasteiger partial charge >= 0.3 is 12.1 Å². The number of hydrogen-bond acceptors (Lipinski definition) is 7. The summed E-state index contributed by atoms with van der Waals surface area (Å²) in [6.07, 6.45) is -1.86. The van der Waals surface area contributed by atoms with Crippen LogP contribution in [0.25, 0.3) is 11.4 Å². The fourth-order valence-electron chi connectivity index (χ4n) is 2.13.